The molecule has 6 heteroatoms. The van der Waals surface area contributed by atoms with Gasteiger partial charge in [0, 0.05) is 6.20 Å². The molecule has 0 radical (unpaired) electrons. The first-order valence-electron chi connectivity index (χ1n) is 7.57. The second kappa shape index (κ2) is 5.53. The molecular weight excluding hydrogens is 294 g/mol. The van der Waals surface area contributed by atoms with E-state index in [4.69, 9.17) is 0 Å². The van der Waals surface area contributed by atoms with Gasteiger partial charge in [0.05, 0.1) is 17.8 Å². The van der Waals surface area contributed by atoms with Gasteiger partial charge in [0.2, 0.25) is 5.91 Å². The number of nitrogens with one attached hydrogen (secondary N) is 1. The van der Waals surface area contributed by atoms with Crippen LogP contribution < -0.4 is 5.32 Å². The van der Waals surface area contributed by atoms with Crippen molar-refractivity contribution >= 4 is 17.6 Å². The number of amides is 1. The Morgan fingerprint density at radius 2 is 2.09 bits per heavy atom. The van der Waals surface area contributed by atoms with Crippen molar-refractivity contribution in [2.75, 3.05) is 5.32 Å². The predicted octanol–water partition coefficient (Wildman–Crippen LogP) is 2.37. The van der Waals surface area contributed by atoms with E-state index in [0.29, 0.717) is 5.69 Å². The summed E-state index contributed by atoms with van der Waals surface area (Å²) in [5, 5.41) is 16.1. The third-order valence-corrected chi connectivity index (χ3v) is 4.40. The van der Waals surface area contributed by atoms with Gasteiger partial charge in [-0.2, -0.15) is 5.10 Å². The van der Waals surface area contributed by atoms with Crippen LogP contribution in [0.3, 0.4) is 0 Å². The van der Waals surface area contributed by atoms with Crippen molar-refractivity contribution in [3.05, 3.63) is 47.8 Å². The van der Waals surface area contributed by atoms with Gasteiger partial charge in [-0.25, -0.2) is 4.79 Å². The maximum absolute atomic E-state index is 12.5. The molecule has 1 aromatic carbocycles. The number of aromatic nitrogens is 2. The zero-order valence-electron chi connectivity index (χ0n) is 13.1. The van der Waals surface area contributed by atoms with Gasteiger partial charge in [-0.3, -0.25) is 9.48 Å². The van der Waals surface area contributed by atoms with Gasteiger partial charge < -0.3 is 10.4 Å². The number of carboxylic acid groups (broad SMARTS) is 1. The van der Waals surface area contributed by atoms with Crippen LogP contribution in [0.25, 0.3) is 0 Å². The normalized spacial score (nSPS) is 16.9. The molecule has 23 heavy (non-hydrogen) atoms. The van der Waals surface area contributed by atoms with Gasteiger partial charge in [-0.15, -0.1) is 0 Å². The van der Waals surface area contributed by atoms with Crippen LogP contribution >= 0.6 is 0 Å². The van der Waals surface area contributed by atoms with Crippen LogP contribution in [0.15, 0.2) is 36.7 Å². The summed E-state index contributed by atoms with van der Waals surface area (Å²) < 4.78 is 1.34. The number of hydrogen-bond acceptors (Lipinski definition) is 3. The molecule has 3 rings (SSSR count). The molecule has 2 aromatic rings. The molecule has 120 valence electrons. The Balaban J connectivity index is 1.75. The quantitative estimate of drug-likeness (QED) is 0.907. The van der Waals surface area contributed by atoms with Gasteiger partial charge in [0.25, 0.3) is 0 Å². The number of carbonyl (C=O) groups excluding carboxylic acids is 1. The van der Waals surface area contributed by atoms with E-state index >= 15 is 0 Å². The molecule has 0 saturated heterocycles. The van der Waals surface area contributed by atoms with E-state index in [1.54, 1.807) is 20.0 Å². The lowest BCUT2D eigenvalue weighted by Crippen LogP contribution is -2.35. The molecule has 1 aromatic heterocycles. The second-order valence-electron chi connectivity index (χ2n) is 6.32. The molecular formula is C17H19N3O3. The summed E-state index contributed by atoms with van der Waals surface area (Å²) in [6.45, 7) is 3.11. The smallest absolute Gasteiger partial charge is 0.331 e. The molecule has 0 saturated carbocycles. The Morgan fingerprint density at radius 1 is 1.35 bits per heavy atom. The van der Waals surface area contributed by atoms with Crippen LogP contribution in [0.1, 0.15) is 37.3 Å². The fraction of sp³-hybridized carbons (Fsp3) is 0.353. The number of nitrogens with zero attached hydrogens (tertiary/aromatic N) is 2. The molecule has 1 amide bonds. The van der Waals surface area contributed by atoms with Crippen molar-refractivity contribution in [2.45, 2.75) is 38.1 Å². The maximum Gasteiger partial charge on any atom is 0.331 e. The molecule has 0 spiro atoms. The molecule has 2 N–H and O–H groups in total. The summed E-state index contributed by atoms with van der Waals surface area (Å²) in [4.78, 5) is 23.8. The molecule has 6 nitrogen and oxygen atoms in total. The monoisotopic (exact) mass is 313 g/mol. The number of benzene rings is 1. The van der Waals surface area contributed by atoms with Gasteiger partial charge in [-0.1, -0.05) is 24.3 Å². The highest BCUT2D eigenvalue weighted by atomic mass is 16.4. The average molecular weight is 313 g/mol. The Hall–Kier alpha value is -2.63. The first-order chi connectivity index (χ1) is 10.9. The lowest BCUT2D eigenvalue weighted by atomic mass is 10.0. The largest absolute Gasteiger partial charge is 0.479 e. The van der Waals surface area contributed by atoms with Gasteiger partial charge in [0.1, 0.15) is 0 Å². The summed E-state index contributed by atoms with van der Waals surface area (Å²) in [5.74, 6) is -1.23. The number of rotatable bonds is 4. The number of anilines is 1. The number of fused-ring (bicyclic) bond motifs is 1. The van der Waals surface area contributed by atoms with E-state index in [-0.39, 0.29) is 11.8 Å². The summed E-state index contributed by atoms with van der Waals surface area (Å²) in [6, 6.07) is 7.97. The minimum atomic E-state index is -1.16. The standard InChI is InChI=1S/C17H19N3O3/c1-17(2,16(22)23)20-10-12(9-18-20)19-15(21)14-8-7-11-5-3-4-6-13(11)14/h3-6,9-10,14H,7-8H2,1-2H3,(H,19,21)(H,22,23). The molecule has 0 fully saturated rings. The minimum Gasteiger partial charge on any atom is -0.479 e. The topological polar surface area (TPSA) is 84.2 Å². The predicted molar refractivity (Wildman–Crippen MR) is 85.3 cm³/mol. The lowest BCUT2D eigenvalue weighted by Gasteiger charge is -2.19. The van der Waals surface area contributed by atoms with Crippen LogP contribution in [0.5, 0.6) is 0 Å². The number of carbonyl (C=O) groups is 2. The van der Waals surface area contributed by atoms with Crippen molar-refractivity contribution < 1.29 is 14.7 Å². The molecule has 1 heterocycles. The zero-order valence-corrected chi connectivity index (χ0v) is 13.1. The molecule has 1 aliphatic carbocycles. The fourth-order valence-electron chi connectivity index (χ4n) is 2.85. The third-order valence-electron chi connectivity index (χ3n) is 4.40. The van der Waals surface area contributed by atoms with Crippen LogP contribution in [0.4, 0.5) is 5.69 Å². The van der Waals surface area contributed by atoms with Crippen LogP contribution in [-0.4, -0.2) is 26.8 Å². The highest BCUT2D eigenvalue weighted by Gasteiger charge is 2.31. The second-order valence-corrected chi connectivity index (χ2v) is 6.32. The van der Waals surface area contributed by atoms with E-state index in [1.807, 2.05) is 18.2 Å². The number of carboxylic acids is 1. The van der Waals surface area contributed by atoms with Crippen molar-refractivity contribution in [1.29, 1.82) is 0 Å². The van der Waals surface area contributed by atoms with Crippen molar-refractivity contribution in [3.63, 3.8) is 0 Å². The summed E-state index contributed by atoms with van der Waals surface area (Å²) in [6.07, 6.45) is 4.72. The molecule has 0 bridgehead atoms. The lowest BCUT2D eigenvalue weighted by molar-refractivity contribution is -0.146. The number of aryl methyl sites for hydroxylation is 1. The van der Waals surface area contributed by atoms with Crippen LogP contribution in [-0.2, 0) is 21.5 Å². The summed E-state index contributed by atoms with van der Waals surface area (Å²) in [7, 11) is 0. The number of aliphatic carboxylic acids is 1. The Morgan fingerprint density at radius 3 is 2.83 bits per heavy atom. The molecule has 0 aliphatic heterocycles. The highest BCUT2D eigenvalue weighted by Crippen LogP contribution is 2.33. The van der Waals surface area contributed by atoms with Crippen molar-refractivity contribution in [1.82, 2.24) is 9.78 Å². The van der Waals surface area contributed by atoms with E-state index in [2.05, 4.69) is 16.5 Å². The van der Waals surface area contributed by atoms with Gasteiger partial charge in [-0.05, 0) is 37.8 Å². The highest BCUT2D eigenvalue weighted by molar-refractivity contribution is 5.96. The van der Waals surface area contributed by atoms with E-state index in [1.165, 1.54) is 16.4 Å². The Labute approximate surface area is 134 Å². The minimum absolute atomic E-state index is 0.0809. The van der Waals surface area contributed by atoms with Crippen LogP contribution in [0, 0.1) is 0 Å². The maximum atomic E-state index is 12.5. The van der Waals surface area contributed by atoms with Crippen LogP contribution in [0.2, 0.25) is 0 Å². The van der Waals surface area contributed by atoms with Crippen molar-refractivity contribution in [3.8, 4) is 0 Å². The third kappa shape index (κ3) is 2.72. The average Bonchev–Trinajstić information content (AvgIpc) is 3.13. The Bertz CT molecular complexity index is 764. The van der Waals surface area contributed by atoms with E-state index in [0.717, 1.165) is 18.4 Å². The van der Waals surface area contributed by atoms with Gasteiger partial charge >= 0.3 is 5.97 Å². The van der Waals surface area contributed by atoms with E-state index < -0.39 is 11.5 Å². The van der Waals surface area contributed by atoms with Crippen molar-refractivity contribution in [2.24, 2.45) is 0 Å². The number of hydrogen-bond donors (Lipinski definition) is 2. The first-order valence-corrected chi connectivity index (χ1v) is 7.57. The van der Waals surface area contributed by atoms with E-state index in [9.17, 15) is 14.7 Å². The summed E-state index contributed by atoms with van der Waals surface area (Å²) in [5.41, 5.74) is 1.63. The summed E-state index contributed by atoms with van der Waals surface area (Å²) >= 11 is 0. The fourth-order valence-corrected chi connectivity index (χ4v) is 2.85. The SMILES string of the molecule is CC(C)(C(=O)O)n1cc(NC(=O)C2CCc3ccccc32)cn1. The molecule has 1 aliphatic rings. The first kappa shape index (κ1) is 15.3. The molecule has 1 atom stereocenters. The Kier molecular flexibility index (Phi) is 3.67. The zero-order chi connectivity index (χ0) is 16.6. The molecule has 1 unspecified atom stereocenters. The van der Waals surface area contributed by atoms with Gasteiger partial charge in [0.15, 0.2) is 5.54 Å².